The van der Waals surface area contributed by atoms with Gasteiger partial charge in [-0.1, -0.05) is 24.3 Å². The maximum Gasteiger partial charge on any atom is 0.292 e. The maximum absolute atomic E-state index is 12.9. The van der Waals surface area contributed by atoms with Crippen molar-refractivity contribution < 1.29 is 17.6 Å². The third kappa shape index (κ3) is 4.49. The lowest BCUT2D eigenvalue weighted by atomic mass is 9.88. The van der Waals surface area contributed by atoms with Crippen molar-refractivity contribution in [2.24, 2.45) is 0 Å². The number of furan rings is 1. The topological polar surface area (TPSA) is 106 Å². The summed E-state index contributed by atoms with van der Waals surface area (Å²) in [5.41, 5.74) is 2.64. The summed E-state index contributed by atoms with van der Waals surface area (Å²) in [7, 11) is -3.87. The van der Waals surface area contributed by atoms with Crippen LogP contribution in [0.4, 0.5) is 5.82 Å². The van der Waals surface area contributed by atoms with E-state index in [0.29, 0.717) is 5.82 Å². The standard InChI is InChI=1S/C23H28N4O4S/c1-15-14-24-27(18-11-7-9-16-8-5-6-10-17(16)18)21(15)25-22(28)19-12-13-20(31-19)32(29,30)26-23(2,3)4/h5-6,8,10,12-14,18,26H,7,9,11H2,1-4H3,(H,25,28). The highest BCUT2D eigenvalue weighted by Gasteiger charge is 2.28. The Morgan fingerprint density at radius 2 is 1.94 bits per heavy atom. The van der Waals surface area contributed by atoms with Crippen LogP contribution in [-0.2, 0) is 16.4 Å². The van der Waals surface area contributed by atoms with Gasteiger partial charge < -0.3 is 9.73 Å². The summed E-state index contributed by atoms with van der Waals surface area (Å²) in [6.07, 6.45) is 4.70. The zero-order valence-electron chi connectivity index (χ0n) is 18.7. The van der Waals surface area contributed by atoms with Crippen molar-refractivity contribution in [2.45, 2.75) is 63.6 Å². The molecule has 170 valence electrons. The molecule has 3 aromatic rings. The highest BCUT2D eigenvalue weighted by atomic mass is 32.2. The summed E-state index contributed by atoms with van der Waals surface area (Å²) in [6.45, 7) is 7.07. The maximum atomic E-state index is 12.9. The molecule has 1 amide bonds. The van der Waals surface area contributed by atoms with Crippen LogP contribution in [0.25, 0.3) is 0 Å². The van der Waals surface area contributed by atoms with Crippen molar-refractivity contribution in [3.05, 3.63) is 65.0 Å². The van der Waals surface area contributed by atoms with Gasteiger partial charge in [0.05, 0.1) is 12.2 Å². The van der Waals surface area contributed by atoms with Crippen molar-refractivity contribution >= 4 is 21.7 Å². The number of carbonyl (C=O) groups is 1. The first-order chi connectivity index (χ1) is 15.0. The first-order valence-corrected chi connectivity index (χ1v) is 12.1. The zero-order chi connectivity index (χ0) is 23.1. The van der Waals surface area contributed by atoms with Crippen LogP contribution in [0.3, 0.4) is 0 Å². The summed E-state index contributed by atoms with van der Waals surface area (Å²) in [4.78, 5) is 12.9. The number of carbonyl (C=O) groups excluding carboxylic acids is 1. The predicted octanol–water partition coefficient (Wildman–Crippen LogP) is 4.04. The molecule has 1 aliphatic carbocycles. The first kappa shape index (κ1) is 22.3. The molecule has 2 N–H and O–H groups in total. The van der Waals surface area contributed by atoms with Gasteiger partial charge in [-0.2, -0.15) is 5.10 Å². The normalized spacial score (nSPS) is 16.6. The SMILES string of the molecule is Cc1cnn(C2CCCc3ccccc32)c1NC(=O)c1ccc(S(=O)(=O)NC(C)(C)C)o1. The molecular weight excluding hydrogens is 428 g/mol. The lowest BCUT2D eigenvalue weighted by molar-refractivity contribution is 0.0990. The van der Waals surface area contributed by atoms with Gasteiger partial charge in [0.2, 0.25) is 5.09 Å². The molecule has 0 radical (unpaired) electrons. The number of amides is 1. The fourth-order valence-corrected chi connectivity index (χ4v) is 5.39. The van der Waals surface area contributed by atoms with E-state index in [2.05, 4.69) is 27.3 Å². The summed E-state index contributed by atoms with van der Waals surface area (Å²) in [5.74, 6) is -0.0445. The van der Waals surface area contributed by atoms with Crippen molar-refractivity contribution in [2.75, 3.05) is 5.32 Å². The first-order valence-electron chi connectivity index (χ1n) is 10.6. The predicted molar refractivity (Wildman–Crippen MR) is 121 cm³/mol. The van der Waals surface area contributed by atoms with E-state index in [9.17, 15) is 13.2 Å². The van der Waals surface area contributed by atoms with Gasteiger partial charge in [-0.25, -0.2) is 17.8 Å². The van der Waals surface area contributed by atoms with Crippen LogP contribution in [-0.4, -0.2) is 29.6 Å². The van der Waals surface area contributed by atoms with Crippen LogP contribution in [0, 0.1) is 6.92 Å². The number of fused-ring (bicyclic) bond motifs is 1. The molecule has 1 atom stereocenters. The minimum absolute atomic E-state index is 0.0208. The van der Waals surface area contributed by atoms with Crippen molar-refractivity contribution in [3.63, 3.8) is 0 Å². The van der Waals surface area contributed by atoms with Crippen molar-refractivity contribution in [3.8, 4) is 0 Å². The third-order valence-corrected chi connectivity index (χ3v) is 6.98. The van der Waals surface area contributed by atoms with E-state index in [1.165, 1.54) is 23.3 Å². The van der Waals surface area contributed by atoms with Gasteiger partial charge in [0.15, 0.2) is 5.76 Å². The molecular formula is C23H28N4O4S. The Morgan fingerprint density at radius 3 is 2.69 bits per heavy atom. The largest absolute Gasteiger partial charge is 0.438 e. The molecule has 2 aromatic heterocycles. The smallest absolute Gasteiger partial charge is 0.292 e. The Balaban J connectivity index is 1.59. The second kappa shape index (κ2) is 8.22. The number of benzene rings is 1. The van der Waals surface area contributed by atoms with Gasteiger partial charge in [-0.05, 0) is 70.2 Å². The quantitative estimate of drug-likeness (QED) is 0.603. The minimum Gasteiger partial charge on any atom is -0.438 e. The number of nitrogens with one attached hydrogen (secondary N) is 2. The molecule has 1 aromatic carbocycles. The molecule has 1 unspecified atom stereocenters. The number of hydrogen-bond acceptors (Lipinski definition) is 5. The molecule has 0 spiro atoms. The van der Waals surface area contributed by atoms with E-state index in [4.69, 9.17) is 4.42 Å². The molecule has 0 fully saturated rings. The lowest BCUT2D eigenvalue weighted by Crippen LogP contribution is -2.40. The van der Waals surface area contributed by atoms with E-state index in [0.717, 1.165) is 24.8 Å². The van der Waals surface area contributed by atoms with Crippen LogP contribution in [0.1, 0.15) is 66.9 Å². The molecule has 9 heteroatoms. The van der Waals surface area contributed by atoms with E-state index in [1.54, 1.807) is 27.0 Å². The molecule has 0 bridgehead atoms. The van der Waals surface area contributed by atoms with Crippen LogP contribution in [0.5, 0.6) is 0 Å². The Kier molecular flexibility index (Phi) is 5.72. The van der Waals surface area contributed by atoms with Crippen molar-refractivity contribution in [1.82, 2.24) is 14.5 Å². The fraction of sp³-hybridized carbons (Fsp3) is 0.391. The van der Waals surface area contributed by atoms with Crippen LogP contribution >= 0.6 is 0 Å². The number of aryl methyl sites for hydroxylation is 2. The molecule has 0 saturated carbocycles. The average molecular weight is 457 g/mol. The molecule has 2 heterocycles. The van der Waals surface area contributed by atoms with Gasteiger partial charge >= 0.3 is 0 Å². The number of rotatable bonds is 5. The second-order valence-electron chi connectivity index (χ2n) is 9.16. The molecule has 32 heavy (non-hydrogen) atoms. The monoisotopic (exact) mass is 456 g/mol. The number of sulfonamides is 1. The van der Waals surface area contributed by atoms with Crippen LogP contribution in [0.15, 0.2) is 52.1 Å². The van der Waals surface area contributed by atoms with Gasteiger partial charge in [0.1, 0.15) is 5.82 Å². The number of aromatic nitrogens is 2. The number of nitrogens with zero attached hydrogens (tertiary/aromatic N) is 2. The highest BCUT2D eigenvalue weighted by molar-refractivity contribution is 7.89. The van der Waals surface area contributed by atoms with Crippen molar-refractivity contribution in [1.29, 1.82) is 0 Å². The van der Waals surface area contributed by atoms with E-state index < -0.39 is 21.5 Å². The zero-order valence-corrected chi connectivity index (χ0v) is 19.5. The van der Waals surface area contributed by atoms with Gasteiger partial charge in [-0.15, -0.1) is 0 Å². The van der Waals surface area contributed by atoms with Crippen LogP contribution < -0.4 is 10.0 Å². The third-order valence-electron chi connectivity index (χ3n) is 5.35. The van der Waals surface area contributed by atoms with E-state index in [1.807, 2.05) is 23.7 Å². The molecule has 4 rings (SSSR count). The average Bonchev–Trinajstić information content (AvgIpc) is 3.34. The summed E-state index contributed by atoms with van der Waals surface area (Å²) in [5, 5.41) is 7.10. The Bertz CT molecular complexity index is 1250. The number of hydrogen-bond donors (Lipinski definition) is 2. The number of anilines is 1. The Hall–Kier alpha value is -2.91. The molecule has 0 aliphatic heterocycles. The second-order valence-corrected chi connectivity index (χ2v) is 10.8. The highest BCUT2D eigenvalue weighted by Crippen LogP contribution is 2.35. The molecule has 8 nitrogen and oxygen atoms in total. The van der Waals surface area contributed by atoms with Gasteiger partial charge in [0.25, 0.3) is 15.9 Å². The summed E-state index contributed by atoms with van der Waals surface area (Å²) >= 11 is 0. The fourth-order valence-electron chi connectivity index (χ4n) is 4.03. The van der Waals surface area contributed by atoms with E-state index >= 15 is 0 Å². The minimum atomic E-state index is -3.87. The summed E-state index contributed by atoms with van der Waals surface area (Å²) in [6, 6.07) is 11.0. The van der Waals surface area contributed by atoms with Crippen LogP contribution in [0.2, 0.25) is 0 Å². The Labute approximate surface area is 188 Å². The molecule has 1 aliphatic rings. The molecule has 0 saturated heterocycles. The lowest BCUT2D eigenvalue weighted by Gasteiger charge is -2.27. The van der Waals surface area contributed by atoms with Gasteiger partial charge in [0, 0.05) is 11.1 Å². The summed E-state index contributed by atoms with van der Waals surface area (Å²) < 4.78 is 34.7. The Morgan fingerprint density at radius 1 is 1.19 bits per heavy atom. The van der Waals surface area contributed by atoms with E-state index in [-0.39, 0.29) is 16.9 Å². The van der Waals surface area contributed by atoms with Gasteiger partial charge in [-0.3, -0.25) is 4.79 Å².